The number of hydrogen-bond donors (Lipinski definition) is 2. The SMILES string of the molecule is Cc1ccc(C(N)=S)c(NCc2c(C)noc2C)c1. The average molecular weight is 275 g/mol. The molecule has 0 radical (unpaired) electrons. The molecule has 1 heterocycles. The van der Waals surface area contributed by atoms with Crippen LogP contribution in [0, 0.1) is 20.8 Å². The Morgan fingerprint density at radius 1 is 1.37 bits per heavy atom. The maximum atomic E-state index is 5.73. The van der Waals surface area contributed by atoms with E-state index in [2.05, 4.69) is 10.5 Å². The zero-order chi connectivity index (χ0) is 14.0. The predicted molar refractivity (Wildman–Crippen MR) is 80.4 cm³/mol. The van der Waals surface area contributed by atoms with E-state index in [4.69, 9.17) is 22.5 Å². The fourth-order valence-corrected chi connectivity index (χ4v) is 2.14. The predicted octanol–water partition coefficient (Wildman–Crippen LogP) is 2.85. The molecule has 0 saturated carbocycles. The first-order valence-corrected chi connectivity index (χ1v) is 6.46. The number of thiocarbonyl (C=S) groups is 1. The Labute approximate surface area is 118 Å². The van der Waals surface area contributed by atoms with Crippen molar-refractivity contribution in [3.05, 3.63) is 46.3 Å². The average Bonchev–Trinajstić information content (AvgIpc) is 2.66. The van der Waals surface area contributed by atoms with Gasteiger partial charge in [0.2, 0.25) is 0 Å². The first-order chi connectivity index (χ1) is 8.99. The van der Waals surface area contributed by atoms with Crippen molar-refractivity contribution in [3.8, 4) is 0 Å². The van der Waals surface area contributed by atoms with Crippen molar-refractivity contribution in [2.24, 2.45) is 5.73 Å². The monoisotopic (exact) mass is 275 g/mol. The summed E-state index contributed by atoms with van der Waals surface area (Å²) in [5.74, 6) is 0.828. The van der Waals surface area contributed by atoms with Crippen LogP contribution in [0.3, 0.4) is 0 Å². The van der Waals surface area contributed by atoms with Crippen LogP contribution in [0.5, 0.6) is 0 Å². The number of nitrogens with zero attached hydrogens (tertiary/aromatic N) is 1. The van der Waals surface area contributed by atoms with Gasteiger partial charge in [0, 0.05) is 23.4 Å². The number of aryl methyl sites for hydroxylation is 3. The molecular weight excluding hydrogens is 258 g/mol. The summed E-state index contributed by atoms with van der Waals surface area (Å²) in [4.78, 5) is 0.390. The molecular formula is C14H17N3OS. The summed E-state index contributed by atoms with van der Waals surface area (Å²) < 4.78 is 5.14. The minimum Gasteiger partial charge on any atom is -0.389 e. The van der Waals surface area contributed by atoms with Gasteiger partial charge in [-0.25, -0.2) is 0 Å². The van der Waals surface area contributed by atoms with Gasteiger partial charge in [-0.15, -0.1) is 0 Å². The van der Waals surface area contributed by atoms with E-state index in [9.17, 15) is 0 Å². The van der Waals surface area contributed by atoms with Crippen LogP contribution in [0.15, 0.2) is 22.7 Å². The third-order valence-electron chi connectivity index (χ3n) is 3.08. The van der Waals surface area contributed by atoms with Crippen molar-refractivity contribution in [3.63, 3.8) is 0 Å². The normalized spacial score (nSPS) is 10.5. The van der Waals surface area contributed by atoms with Gasteiger partial charge >= 0.3 is 0 Å². The Hall–Kier alpha value is -1.88. The molecule has 0 atom stereocenters. The van der Waals surface area contributed by atoms with Gasteiger partial charge in [-0.3, -0.25) is 0 Å². The maximum absolute atomic E-state index is 5.73. The first kappa shape index (κ1) is 13.5. The molecule has 2 rings (SSSR count). The van der Waals surface area contributed by atoms with Crippen LogP contribution in [0.1, 0.15) is 28.1 Å². The number of rotatable bonds is 4. The van der Waals surface area contributed by atoms with Gasteiger partial charge in [0.25, 0.3) is 0 Å². The van der Waals surface area contributed by atoms with Crippen molar-refractivity contribution in [1.82, 2.24) is 5.16 Å². The molecule has 0 fully saturated rings. The molecule has 100 valence electrons. The smallest absolute Gasteiger partial charge is 0.138 e. The summed E-state index contributed by atoms with van der Waals surface area (Å²) in [6, 6.07) is 5.97. The second-order valence-corrected chi connectivity index (χ2v) is 5.01. The second-order valence-electron chi connectivity index (χ2n) is 4.57. The molecule has 3 N–H and O–H groups in total. The quantitative estimate of drug-likeness (QED) is 0.840. The van der Waals surface area contributed by atoms with Gasteiger partial charge in [0.05, 0.1) is 5.69 Å². The lowest BCUT2D eigenvalue weighted by Crippen LogP contribution is -2.13. The molecule has 0 aliphatic heterocycles. The van der Waals surface area contributed by atoms with E-state index >= 15 is 0 Å². The van der Waals surface area contributed by atoms with Gasteiger partial charge in [-0.2, -0.15) is 0 Å². The number of nitrogens with one attached hydrogen (secondary N) is 1. The highest BCUT2D eigenvalue weighted by Crippen LogP contribution is 2.20. The van der Waals surface area contributed by atoms with Crippen LogP contribution in [0.2, 0.25) is 0 Å². The lowest BCUT2D eigenvalue weighted by Gasteiger charge is -2.12. The van der Waals surface area contributed by atoms with Gasteiger partial charge in [0.15, 0.2) is 0 Å². The van der Waals surface area contributed by atoms with E-state index in [1.54, 1.807) is 0 Å². The topological polar surface area (TPSA) is 64.1 Å². The summed E-state index contributed by atoms with van der Waals surface area (Å²) >= 11 is 5.07. The fourth-order valence-electron chi connectivity index (χ4n) is 1.96. The molecule has 19 heavy (non-hydrogen) atoms. The number of hydrogen-bond acceptors (Lipinski definition) is 4. The van der Waals surface area contributed by atoms with Gasteiger partial charge in [0.1, 0.15) is 10.7 Å². The molecule has 0 spiro atoms. The summed E-state index contributed by atoms with van der Waals surface area (Å²) in [5, 5.41) is 7.29. The summed E-state index contributed by atoms with van der Waals surface area (Å²) in [7, 11) is 0. The van der Waals surface area contributed by atoms with E-state index < -0.39 is 0 Å². The Morgan fingerprint density at radius 3 is 2.68 bits per heavy atom. The highest BCUT2D eigenvalue weighted by molar-refractivity contribution is 7.80. The van der Waals surface area contributed by atoms with Crippen LogP contribution < -0.4 is 11.1 Å². The van der Waals surface area contributed by atoms with Crippen LogP contribution >= 0.6 is 12.2 Å². The molecule has 4 nitrogen and oxygen atoms in total. The van der Waals surface area contributed by atoms with Gasteiger partial charge in [-0.1, -0.05) is 23.4 Å². The van der Waals surface area contributed by atoms with Crippen molar-refractivity contribution in [1.29, 1.82) is 0 Å². The molecule has 0 unspecified atom stereocenters. The van der Waals surface area contributed by atoms with Gasteiger partial charge in [-0.05, 0) is 38.5 Å². The molecule has 0 aliphatic carbocycles. The van der Waals surface area contributed by atoms with Crippen molar-refractivity contribution >= 4 is 22.9 Å². The molecule has 0 bridgehead atoms. The Bertz CT molecular complexity index is 600. The van der Waals surface area contributed by atoms with E-state index in [0.717, 1.165) is 33.8 Å². The number of anilines is 1. The molecule has 0 aliphatic rings. The molecule has 5 heteroatoms. The summed E-state index contributed by atoms with van der Waals surface area (Å²) in [6.07, 6.45) is 0. The zero-order valence-electron chi connectivity index (χ0n) is 11.3. The Kier molecular flexibility index (Phi) is 3.85. The lowest BCUT2D eigenvalue weighted by molar-refractivity contribution is 0.392. The standard InChI is InChI=1S/C14H17N3OS/c1-8-4-5-11(14(15)19)13(6-8)16-7-12-9(2)17-18-10(12)3/h4-6,16H,7H2,1-3H3,(H2,15,19). The third kappa shape index (κ3) is 2.93. The van der Waals surface area contributed by atoms with Crippen LogP contribution in [-0.2, 0) is 6.54 Å². The summed E-state index contributed by atoms with van der Waals surface area (Å²) in [6.45, 7) is 6.50. The number of benzene rings is 1. The van der Waals surface area contributed by atoms with Crippen molar-refractivity contribution in [2.75, 3.05) is 5.32 Å². The van der Waals surface area contributed by atoms with Gasteiger partial charge < -0.3 is 15.6 Å². The molecule has 2 aromatic rings. The van der Waals surface area contributed by atoms with Crippen molar-refractivity contribution < 1.29 is 4.52 Å². The highest BCUT2D eigenvalue weighted by atomic mass is 32.1. The molecule has 0 saturated heterocycles. The van der Waals surface area contributed by atoms with E-state index in [1.807, 2.05) is 39.0 Å². The van der Waals surface area contributed by atoms with E-state index in [1.165, 1.54) is 0 Å². The third-order valence-corrected chi connectivity index (χ3v) is 3.30. The van der Waals surface area contributed by atoms with Crippen LogP contribution in [0.25, 0.3) is 0 Å². The maximum Gasteiger partial charge on any atom is 0.138 e. The lowest BCUT2D eigenvalue weighted by atomic mass is 10.1. The van der Waals surface area contributed by atoms with E-state index in [0.29, 0.717) is 11.5 Å². The molecule has 1 aromatic heterocycles. The largest absolute Gasteiger partial charge is 0.389 e. The van der Waals surface area contributed by atoms with Crippen molar-refractivity contribution in [2.45, 2.75) is 27.3 Å². The zero-order valence-corrected chi connectivity index (χ0v) is 12.1. The minimum atomic E-state index is 0.390. The second kappa shape index (κ2) is 5.40. The fraction of sp³-hybridized carbons (Fsp3) is 0.286. The Morgan fingerprint density at radius 2 is 2.11 bits per heavy atom. The summed E-state index contributed by atoms with van der Waals surface area (Å²) in [5.41, 5.74) is 10.6. The molecule has 1 aromatic carbocycles. The van der Waals surface area contributed by atoms with E-state index in [-0.39, 0.29) is 0 Å². The van der Waals surface area contributed by atoms with Crippen LogP contribution in [-0.4, -0.2) is 10.1 Å². The highest BCUT2D eigenvalue weighted by Gasteiger charge is 2.10. The number of aromatic nitrogens is 1. The molecule has 0 amide bonds. The Balaban J connectivity index is 2.24. The minimum absolute atomic E-state index is 0.390. The first-order valence-electron chi connectivity index (χ1n) is 6.05. The van der Waals surface area contributed by atoms with Crippen LogP contribution in [0.4, 0.5) is 5.69 Å². The number of nitrogens with two attached hydrogens (primary N) is 1.